The van der Waals surface area contributed by atoms with Gasteiger partial charge < -0.3 is 4.74 Å². The van der Waals surface area contributed by atoms with Crippen LogP contribution < -0.4 is 0 Å². The Morgan fingerprint density at radius 1 is 1.31 bits per heavy atom. The minimum absolute atomic E-state index is 0.148. The van der Waals surface area contributed by atoms with Gasteiger partial charge in [-0.05, 0) is 30.5 Å². The molecule has 2 rings (SSSR count). The van der Waals surface area contributed by atoms with E-state index in [1.165, 1.54) is 0 Å². The highest BCUT2D eigenvalue weighted by Gasteiger charge is 2.35. The van der Waals surface area contributed by atoms with Gasteiger partial charge in [0.15, 0.2) is 0 Å². The topological polar surface area (TPSA) is 43.4 Å². The summed E-state index contributed by atoms with van der Waals surface area (Å²) in [5.74, 6) is -1.32. The number of cyclic esters (lactones) is 2. The number of ether oxygens (including phenoxy) is 1. The monoisotopic (exact) mass is 282 g/mol. The average molecular weight is 283 g/mol. The van der Waals surface area contributed by atoms with Crippen LogP contribution in [0.1, 0.15) is 29.0 Å². The Kier molecular flexibility index (Phi) is 2.84. The van der Waals surface area contributed by atoms with Crippen LogP contribution in [-0.4, -0.2) is 11.9 Å². The minimum Gasteiger partial charge on any atom is -0.393 e. The third-order valence-electron chi connectivity index (χ3n) is 2.87. The maximum Gasteiger partial charge on any atom is 0.321 e. The highest BCUT2D eigenvalue weighted by molar-refractivity contribution is 9.10. The van der Waals surface area contributed by atoms with Gasteiger partial charge in [-0.15, -0.1) is 0 Å². The molecule has 0 saturated carbocycles. The van der Waals surface area contributed by atoms with Crippen LogP contribution in [-0.2, 0) is 14.3 Å². The Bertz CT molecular complexity index is 479. The van der Waals surface area contributed by atoms with Crippen molar-refractivity contribution in [3.63, 3.8) is 0 Å². The van der Waals surface area contributed by atoms with Gasteiger partial charge in [0.2, 0.25) is 0 Å². The number of hydrogen-bond acceptors (Lipinski definition) is 3. The SMILES string of the molecule is Cc1ccc(C2CC(=O)OC2=O)c(C)c1Br. The van der Waals surface area contributed by atoms with Crippen molar-refractivity contribution in [3.8, 4) is 0 Å². The van der Waals surface area contributed by atoms with Crippen LogP contribution >= 0.6 is 15.9 Å². The van der Waals surface area contributed by atoms with Gasteiger partial charge >= 0.3 is 11.9 Å². The van der Waals surface area contributed by atoms with Crippen LogP contribution in [0.4, 0.5) is 0 Å². The standard InChI is InChI=1S/C12H11BrO3/c1-6-3-4-8(7(2)11(6)13)9-5-10(14)16-12(9)15/h3-4,9H,5H2,1-2H3. The van der Waals surface area contributed by atoms with E-state index in [0.717, 1.165) is 21.2 Å². The largest absolute Gasteiger partial charge is 0.393 e. The molecule has 0 aliphatic carbocycles. The molecule has 1 unspecified atom stereocenters. The summed E-state index contributed by atoms with van der Waals surface area (Å²) in [4.78, 5) is 22.5. The molecule has 1 aliphatic rings. The van der Waals surface area contributed by atoms with E-state index in [1.54, 1.807) is 0 Å². The first-order valence-electron chi connectivity index (χ1n) is 5.01. The predicted octanol–water partition coefficient (Wildman–Crippen LogP) is 2.62. The summed E-state index contributed by atoms with van der Waals surface area (Å²) in [6, 6.07) is 3.82. The summed E-state index contributed by atoms with van der Waals surface area (Å²) in [7, 11) is 0. The maximum absolute atomic E-state index is 11.5. The molecule has 1 heterocycles. The summed E-state index contributed by atoms with van der Waals surface area (Å²) >= 11 is 3.48. The minimum atomic E-state index is -0.441. The van der Waals surface area contributed by atoms with E-state index in [1.807, 2.05) is 26.0 Å². The van der Waals surface area contributed by atoms with Crippen LogP contribution in [0.5, 0.6) is 0 Å². The van der Waals surface area contributed by atoms with Crippen LogP contribution in [0, 0.1) is 13.8 Å². The molecule has 1 fully saturated rings. The predicted molar refractivity (Wildman–Crippen MR) is 62.1 cm³/mol. The van der Waals surface area contributed by atoms with Gasteiger partial charge in [0, 0.05) is 4.47 Å². The molecule has 0 bridgehead atoms. The van der Waals surface area contributed by atoms with Gasteiger partial charge in [-0.3, -0.25) is 9.59 Å². The number of aryl methyl sites for hydroxylation is 1. The highest BCUT2D eigenvalue weighted by atomic mass is 79.9. The smallest absolute Gasteiger partial charge is 0.321 e. The van der Waals surface area contributed by atoms with Gasteiger partial charge in [-0.1, -0.05) is 28.1 Å². The molecule has 1 atom stereocenters. The zero-order valence-corrected chi connectivity index (χ0v) is 10.6. The fraction of sp³-hybridized carbons (Fsp3) is 0.333. The van der Waals surface area contributed by atoms with Crippen molar-refractivity contribution in [2.45, 2.75) is 26.2 Å². The van der Waals surface area contributed by atoms with Gasteiger partial charge in [-0.2, -0.15) is 0 Å². The van der Waals surface area contributed by atoms with Crippen molar-refractivity contribution >= 4 is 27.9 Å². The van der Waals surface area contributed by atoms with Crippen molar-refractivity contribution in [1.29, 1.82) is 0 Å². The van der Waals surface area contributed by atoms with Crippen molar-refractivity contribution in [2.75, 3.05) is 0 Å². The van der Waals surface area contributed by atoms with E-state index >= 15 is 0 Å². The molecule has 1 saturated heterocycles. The number of esters is 2. The molecule has 4 heteroatoms. The molecule has 0 radical (unpaired) electrons. The van der Waals surface area contributed by atoms with Gasteiger partial charge in [0.25, 0.3) is 0 Å². The summed E-state index contributed by atoms with van der Waals surface area (Å²) in [6.07, 6.45) is 0.148. The van der Waals surface area contributed by atoms with Gasteiger partial charge in [-0.25, -0.2) is 0 Å². The van der Waals surface area contributed by atoms with E-state index in [0.29, 0.717) is 0 Å². The fourth-order valence-corrected chi connectivity index (χ4v) is 2.29. The number of hydrogen-bond donors (Lipinski definition) is 0. The second-order valence-corrected chi connectivity index (χ2v) is 4.75. The van der Waals surface area contributed by atoms with E-state index < -0.39 is 17.9 Å². The first-order chi connectivity index (χ1) is 7.50. The van der Waals surface area contributed by atoms with Crippen LogP contribution in [0.25, 0.3) is 0 Å². The number of carbonyl (C=O) groups excluding carboxylic acids is 2. The third kappa shape index (κ3) is 1.78. The molecule has 3 nitrogen and oxygen atoms in total. The van der Waals surface area contributed by atoms with E-state index in [2.05, 4.69) is 20.7 Å². The molecular weight excluding hydrogens is 272 g/mol. The van der Waals surface area contributed by atoms with Crippen molar-refractivity contribution in [1.82, 2.24) is 0 Å². The molecular formula is C12H11BrO3. The first-order valence-corrected chi connectivity index (χ1v) is 5.80. The van der Waals surface area contributed by atoms with Crippen molar-refractivity contribution < 1.29 is 14.3 Å². The van der Waals surface area contributed by atoms with Crippen LogP contribution in [0.3, 0.4) is 0 Å². The fourth-order valence-electron chi connectivity index (χ4n) is 1.92. The number of rotatable bonds is 1. The highest BCUT2D eigenvalue weighted by Crippen LogP contribution is 2.34. The van der Waals surface area contributed by atoms with Crippen LogP contribution in [0.2, 0.25) is 0 Å². The van der Waals surface area contributed by atoms with Crippen LogP contribution in [0.15, 0.2) is 16.6 Å². The lowest BCUT2D eigenvalue weighted by Gasteiger charge is -2.12. The first kappa shape index (κ1) is 11.3. The lowest BCUT2D eigenvalue weighted by atomic mass is 9.92. The Balaban J connectivity index is 2.45. The van der Waals surface area contributed by atoms with E-state index in [9.17, 15) is 9.59 Å². The Hall–Kier alpha value is -1.16. The Morgan fingerprint density at radius 3 is 2.56 bits per heavy atom. The Morgan fingerprint density at radius 2 is 2.00 bits per heavy atom. The molecule has 1 aliphatic heterocycles. The number of carbonyl (C=O) groups is 2. The molecule has 0 N–H and O–H groups in total. The summed E-state index contributed by atoms with van der Waals surface area (Å²) in [5.41, 5.74) is 2.98. The zero-order valence-electron chi connectivity index (χ0n) is 9.04. The maximum atomic E-state index is 11.5. The molecule has 1 aromatic rings. The quantitative estimate of drug-likeness (QED) is 0.588. The van der Waals surface area contributed by atoms with Crippen molar-refractivity contribution in [3.05, 3.63) is 33.3 Å². The normalized spacial score (nSPS) is 20.1. The molecule has 0 aromatic heterocycles. The summed E-state index contributed by atoms with van der Waals surface area (Å²) < 4.78 is 5.54. The van der Waals surface area contributed by atoms with E-state index in [-0.39, 0.29) is 6.42 Å². The molecule has 1 aromatic carbocycles. The molecule has 84 valence electrons. The van der Waals surface area contributed by atoms with Gasteiger partial charge in [0.1, 0.15) is 0 Å². The molecule has 0 amide bonds. The molecule has 16 heavy (non-hydrogen) atoms. The Labute approximate surface area is 102 Å². The molecule has 0 spiro atoms. The van der Waals surface area contributed by atoms with Gasteiger partial charge in [0.05, 0.1) is 12.3 Å². The average Bonchev–Trinajstić information content (AvgIpc) is 2.55. The van der Waals surface area contributed by atoms with E-state index in [4.69, 9.17) is 0 Å². The third-order valence-corrected chi connectivity index (χ3v) is 4.09. The number of halogens is 1. The lowest BCUT2D eigenvalue weighted by Crippen LogP contribution is -2.07. The lowest BCUT2D eigenvalue weighted by molar-refractivity contribution is -0.152. The van der Waals surface area contributed by atoms with Crippen molar-refractivity contribution in [2.24, 2.45) is 0 Å². The summed E-state index contributed by atoms with van der Waals surface area (Å²) in [5, 5.41) is 0. The second-order valence-electron chi connectivity index (χ2n) is 3.96. The summed E-state index contributed by atoms with van der Waals surface area (Å²) in [6.45, 7) is 3.92. The second kappa shape index (κ2) is 4.01. The number of benzene rings is 1. The zero-order chi connectivity index (χ0) is 11.9.